The molecule has 0 bridgehead atoms. The number of benzene rings is 2. The predicted octanol–water partition coefficient (Wildman–Crippen LogP) is 3.72. The highest BCUT2D eigenvalue weighted by molar-refractivity contribution is 7.89. The first-order valence-electron chi connectivity index (χ1n) is 11.5. The monoisotopic (exact) mass is 471 g/mol. The molecule has 1 aliphatic carbocycles. The van der Waals surface area contributed by atoms with E-state index in [1.54, 1.807) is 36.4 Å². The van der Waals surface area contributed by atoms with Crippen molar-refractivity contribution in [1.29, 1.82) is 0 Å². The van der Waals surface area contributed by atoms with Gasteiger partial charge >= 0.3 is 11.8 Å². The van der Waals surface area contributed by atoms with Crippen LogP contribution in [0, 0.1) is 0 Å². The SMILES string of the molecule is CC(C)c1ccc(NC(=O)C(=O)NCCc2ccc(S(=O)(=O)NC3CCCCC3)cc2)cc1. The molecule has 0 spiro atoms. The summed E-state index contributed by atoms with van der Waals surface area (Å²) in [6, 6.07) is 14.0. The smallest absolute Gasteiger partial charge is 0.313 e. The van der Waals surface area contributed by atoms with Gasteiger partial charge in [-0.25, -0.2) is 13.1 Å². The van der Waals surface area contributed by atoms with Crippen LogP contribution in [-0.4, -0.2) is 32.8 Å². The van der Waals surface area contributed by atoms with Gasteiger partial charge in [-0.15, -0.1) is 0 Å². The molecule has 178 valence electrons. The zero-order valence-corrected chi connectivity index (χ0v) is 20.1. The molecule has 3 N–H and O–H groups in total. The highest BCUT2D eigenvalue weighted by Crippen LogP contribution is 2.20. The third-order valence-corrected chi connectivity index (χ3v) is 7.44. The first-order chi connectivity index (χ1) is 15.7. The normalized spacial score (nSPS) is 14.8. The van der Waals surface area contributed by atoms with Crippen molar-refractivity contribution in [2.75, 3.05) is 11.9 Å². The van der Waals surface area contributed by atoms with E-state index in [-0.39, 0.29) is 17.5 Å². The van der Waals surface area contributed by atoms with Crippen LogP contribution in [0.15, 0.2) is 53.4 Å². The van der Waals surface area contributed by atoms with E-state index in [1.807, 2.05) is 12.1 Å². The van der Waals surface area contributed by atoms with Crippen molar-refractivity contribution in [2.24, 2.45) is 0 Å². The van der Waals surface area contributed by atoms with Crippen molar-refractivity contribution in [3.63, 3.8) is 0 Å². The summed E-state index contributed by atoms with van der Waals surface area (Å²) in [4.78, 5) is 24.4. The minimum Gasteiger partial charge on any atom is -0.347 e. The van der Waals surface area contributed by atoms with E-state index in [0.717, 1.165) is 43.2 Å². The zero-order chi connectivity index (χ0) is 23.8. The third-order valence-electron chi connectivity index (χ3n) is 5.90. The van der Waals surface area contributed by atoms with E-state index in [9.17, 15) is 18.0 Å². The summed E-state index contributed by atoms with van der Waals surface area (Å²) in [5.41, 5.74) is 2.59. The Bertz CT molecular complexity index is 1040. The van der Waals surface area contributed by atoms with Crippen LogP contribution in [0.3, 0.4) is 0 Å². The lowest BCUT2D eigenvalue weighted by Gasteiger charge is -2.22. The minimum atomic E-state index is -3.53. The molecule has 2 amide bonds. The topological polar surface area (TPSA) is 104 Å². The molecule has 0 radical (unpaired) electrons. The molecule has 0 heterocycles. The van der Waals surface area contributed by atoms with Crippen LogP contribution in [0.4, 0.5) is 5.69 Å². The van der Waals surface area contributed by atoms with Crippen LogP contribution in [0.2, 0.25) is 0 Å². The van der Waals surface area contributed by atoms with E-state index in [4.69, 9.17) is 0 Å². The maximum absolute atomic E-state index is 12.6. The highest BCUT2D eigenvalue weighted by Gasteiger charge is 2.21. The summed E-state index contributed by atoms with van der Waals surface area (Å²) in [6.07, 6.45) is 5.53. The second-order valence-electron chi connectivity index (χ2n) is 8.84. The average molecular weight is 472 g/mol. The van der Waals surface area contributed by atoms with Crippen LogP contribution in [-0.2, 0) is 26.0 Å². The fourth-order valence-corrected chi connectivity index (χ4v) is 5.19. The number of anilines is 1. The molecular formula is C25H33N3O4S. The van der Waals surface area contributed by atoms with E-state index >= 15 is 0 Å². The van der Waals surface area contributed by atoms with Crippen LogP contribution in [0.5, 0.6) is 0 Å². The molecule has 2 aromatic rings. The zero-order valence-electron chi connectivity index (χ0n) is 19.3. The molecule has 0 atom stereocenters. The van der Waals surface area contributed by atoms with Gasteiger partial charge in [0, 0.05) is 18.3 Å². The van der Waals surface area contributed by atoms with Crippen LogP contribution in [0.25, 0.3) is 0 Å². The molecule has 0 unspecified atom stereocenters. The molecule has 2 aromatic carbocycles. The van der Waals surface area contributed by atoms with Gasteiger partial charge in [-0.2, -0.15) is 0 Å². The van der Waals surface area contributed by atoms with Gasteiger partial charge in [-0.1, -0.05) is 57.4 Å². The molecule has 1 fully saturated rings. The predicted molar refractivity (Wildman–Crippen MR) is 130 cm³/mol. The quantitative estimate of drug-likeness (QED) is 0.511. The van der Waals surface area contributed by atoms with Crippen molar-refractivity contribution in [3.05, 3.63) is 59.7 Å². The Morgan fingerprint density at radius 2 is 1.55 bits per heavy atom. The molecule has 1 saturated carbocycles. The number of nitrogens with one attached hydrogen (secondary N) is 3. The summed E-state index contributed by atoms with van der Waals surface area (Å²) in [5, 5.41) is 5.19. The van der Waals surface area contributed by atoms with E-state index < -0.39 is 21.8 Å². The standard InChI is InChI=1S/C25H33N3O4S/c1-18(2)20-10-12-21(13-11-20)27-25(30)24(29)26-17-16-19-8-14-23(15-9-19)33(31,32)28-22-6-4-3-5-7-22/h8-15,18,22,28H,3-7,16-17H2,1-2H3,(H,26,29)(H,27,30). The molecule has 33 heavy (non-hydrogen) atoms. The van der Waals surface area contributed by atoms with Gasteiger partial charge in [0.15, 0.2) is 0 Å². The van der Waals surface area contributed by atoms with Gasteiger partial charge in [0.05, 0.1) is 4.90 Å². The molecular weight excluding hydrogens is 438 g/mol. The molecule has 0 saturated heterocycles. The summed E-state index contributed by atoms with van der Waals surface area (Å²) in [5.74, 6) is -1.04. The van der Waals surface area contributed by atoms with Crippen molar-refractivity contribution < 1.29 is 18.0 Å². The molecule has 0 aromatic heterocycles. The summed E-state index contributed by atoms with van der Waals surface area (Å²) in [6.45, 7) is 4.44. The fourth-order valence-electron chi connectivity index (χ4n) is 3.88. The lowest BCUT2D eigenvalue weighted by Crippen LogP contribution is -2.36. The minimum absolute atomic E-state index is 0.0120. The van der Waals surface area contributed by atoms with Crippen LogP contribution in [0.1, 0.15) is 63.0 Å². The average Bonchev–Trinajstić information content (AvgIpc) is 2.80. The van der Waals surface area contributed by atoms with Gasteiger partial charge in [-0.3, -0.25) is 9.59 Å². The highest BCUT2D eigenvalue weighted by atomic mass is 32.2. The van der Waals surface area contributed by atoms with E-state index in [0.29, 0.717) is 18.0 Å². The molecule has 3 rings (SSSR count). The first kappa shape index (κ1) is 24.9. The van der Waals surface area contributed by atoms with Gasteiger partial charge in [0.2, 0.25) is 10.0 Å². The molecule has 8 heteroatoms. The van der Waals surface area contributed by atoms with E-state index in [2.05, 4.69) is 29.2 Å². The Balaban J connectivity index is 1.45. The Kier molecular flexibility index (Phi) is 8.63. The van der Waals surface area contributed by atoms with Crippen LogP contribution < -0.4 is 15.4 Å². The largest absolute Gasteiger partial charge is 0.347 e. The fraction of sp³-hybridized carbons (Fsp3) is 0.440. The lowest BCUT2D eigenvalue weighted by molar-refractivity contribution is -0.136. The van der Waals surface area contributed by atoms with Crippen molar-refractivity contribution in [3.8, 4) is 0 Å². The number of amides is 2. The van der Waals surface area contributed by atoms with E-state index in [1.165, 1.54) is 0 Å². The Labute approximate surface area is 196 Å². The number of carbonyl (C=O) groups is 2. The van der Waals surface area contributed by atoms with Gasteiger partial charge in [-0.05, 0) is 60.6 Å². The number of hydrogen-bond acceptors (Lipinski definition) is 4. The van der Waals surface area contributed by atoms with Gasteiger partial charge < -0.3 is 10.6 Å². The van der Waals surface area contributed by atoms with Gasteiger partial charge in [0.1, 0.15) is 0 Å². The third kappa shape index (κ3) is 7.40. The number of carbonyl (C=O) groups excluding carboxylic acids is 2. The second kappa shape index (κ2) is 11.4. The Morgan fingerprint density at radius 3 is 2.15 bits per heavy atom. The summed E-state index contributed by atoms with van der Waals surface area (Å²) < 4.78 is 28.0. The van der Waals surface area contributed by atoms with Crippen LogP contribution >= 0.6 is 0 Å². The summed E-state index contributed by atoms with van der Waals surface area (Å²) in [7, 11) is -3.53. The summed E-state index contributed by atoms with van der Waals surface area (Å²) >= 11 is 0. The number of hydrogen-bond donors (Lipinski definition) is 3. The molecule has 0 aliphatic heterocycles. The maximum Gasteiger partial charge on any atom is 0.313 e. The second-order valence-corrected chi connectivity index (χ2v) is 10.6. The number of sulfonamides is 1. The van der Waals surface area contributed by atoms with Crippen molar-refractivity contribution >= 4 is 27.5 Å². The lowest BCUT2D eigenvalue weighted by atomic mass is 9.96. The molecule has 7 nitrogen and oxygen atoms in total. The maximum atomic E-state index is 12.6. The van der Waals surface area contributed by atoms with Crippen molar-refractivity contribution in [2.45, 2.75) is 69.2 Å². The number of rotatable bonds is 8. The Morgan fingerprint density at radius 1 is 0.909 bits per heavy atom. The molecule has 1 aliphatic rings. The van der Waals surface area contributed by atoms with Crippen molar-refractivity contribution in [1.82, 2.24) is 10.0 Å². The van der Waals surface area contributed by atoms with Gasteiger partial charge in [0.25, 0.3) is 0 Å². The first-order valence-corrected chi connectivity index (χ1v) is 13.0. The Hall–Kier alpha value is -2.71.